The van der Waals surface area contributed by atoms with Crippen molar-refractivity contribution < 1.29 is 9.53 Å². The molecule has 2 fully saturated rings. The number of hydrogen-bond donors (Lipinski definition) is 1. The number of ether oxygens (including phenoxy) is 1. The van der Waals surface area contributed by atoms with Crippen LogP contribution in [-0.4, -0.2) is 51.8 Å². The molecule has 0 bridgehead atoms. The summed E-state index contributed by atoms with van der Waals surface area (Å²) in [4.78, 5) is 18.3. The van der Waals surface area contributed by atoms with Crippen LogP contribution in [0.4, 0.5) is 10.6 Å². The molecule has 140 valence electrons. The van der Waals surface area contributed by atoms with Gasteiger partial charge < -0.3 is 15.0 Å². The van der Waals surface area contributed by atoms with Crippen LogP contribution in [0.15, 0.2) is 12.3 Å². The van der Waals surface area contributed by atoms with E-state index in [1.165, 1.54) is 31.2 Å². The first-order chi connectivity index (χ1) is 12.6. The average Bonchev–Trinajstić information content (AvgIpc) is 3.40. The van der Waals surface area contributed by atoms with Gasteiger partial charge in [0, 0.05) is 42.4 Å². The van der Waals surface area contributed by atoms with E-state index in [1.807, 2.05) is 10.7 Å². The highest BCUT2D eigenvalue weighted by molar-refractivity contribution is 5.67. The van der Waals surface area contributed by atoms with Crippen molar-refractivity contribution in [1.29, 1.82) is 0 Å². The molecule has 1 N–H and O–H groups in total. The Kier molecular flexibility index (Phi) is 4.46. The number of carbonyl (C=O) groups excluding carboxylic acids is 1. The summed E-state index contributed by atoms with van der Waals surface area (Å²) in [5.41, 5.74) is 3.34. The zero-order chi connectivity index (χ0) is 18.3. The van der Waals surface area contributed by atoms with Crippen LogP contribution in [0.3, 0.4) is 0 Å². The summed E-state index contributed by atoms with van der Waals surface area (Å²) >= 11 is 0. The molecule has 3 heterocycles. The minimum absolute atomic E-state index is 0.237. The van der Waals surface area contributed by atoms with Gasteiger partial charge in [-0.1, -0.05) is 13.8 Å². The molecule has 1 saturated carbocycles. The van der Waals surface area contributed by atoms with E-state index in [9.17, 15) is 4.79 Å². The van der Waals surface area contributed by atoms with Crippen molar-refractivity contribution in [2.45, 2.75) is 57.4 Å². The largest absolute Gasteiger partial charge is 0.453 e. The Bertz CT molecular complexity index is 804. The van der Waals surface area contributed by atoms with E-state index in [0.717, 1.165) is 24.3 Å². The highest BCUT2D eigenvalue weighted by Crippen LogP contribution is 2.40. The molecule has 2 aromatic heterocycles. The first kappa shape index (κ1) is 17.1. The van der Waals surface area contributed by atoms with Crippen LogP contribution in [0.25, 0.3) is 5.65 Å². The van der Waals surface area contributed by atoms with Gasteiger partial charge in [0.15, 0.2) is 5.65 Å². The molecule has 0 aromatic carbocycles. The number of methoxy groups -OCH3 is 1. The van der Waals surface area contributed by atoms with E-state index in [1.54, 1.807) is 4.90 Å². The molecule has 26 heavy (non-hydrogen) atoms. The van der Waals surface area contributed by atoms with E-state index in [2.05, 4.69) is 30.3 Å². The number of aromatic nitrogens is 3. The zero-order valence-corrected chi connectivity index (χ0v) is 15.7. The summed E-state index contributed by atoms with van der Waals surface area (Å²) in [6.45, 7) is 5.78. The molecule has 0 unspecified atom stereocenters. The number of piperidine rings is 1. The third-order valence-electron chi connectivity index (χ3n) is 5.42. The van der Waals surface area contributed by atoms with Crippen LogP contribution in [0.5, 0.6) is 0 Å². The Morgan fingerprint density at radius 1 is 1.27 bits per heavy atom. The monoisotopic (exact) mass is 357 g/mol. The average molecular weight is 357 g/mol. The minimum Gasteiger partial charge on any atom is -0.453 e. The number of likely N-dealkylation sites (tertiary alicyclic amines) is 1. The number of nitrogens with one attached hydrogen (secondary N) is 1. The lowest BCUT2D eigenvalue weighted by Gasteiger charge is -2.31. The van der Waals surface area contributed by atoms with Crippen LogP contribution in [0.1, 0.15) is 62.6 Å². The fourth-order valence-electron chi connectivity index (χ4n) is 3.64. The van der Waals surface area contributed by atoms with Crippen LogP contribution >= 0.6 is 0 Å². The molecule has 1 aliphatic heterocycles. The van der Waals surface area contributed by atoms with Crippen molar-refractivity contribution >= 4 is 17.6 Å². The van der Waals surface area contributed by atoms with Gasteiger partial charge in [0.1, 0.15) is 5.82 Å². The van der Waals surface area contributed by atoms with Gasteiger partial charge in [-0.15, -0.1) is 0 Å². The van der Waals surface area contributed by atoms with Gasteiger partial charge in [0.2, 0.25) is 0 Å². The fourth-order valence-corrected chi connectivity index (χ4v) is 3.64. The molecule has 2 aromatic rings. The molecular weight excluding hydrogens is 330 g/mol. The SMILES string of the molecule is COC(=O)N1CCC(Nc2cc(C3CC3)nc3c(C(C)C)cnn23)CC1. The zero-order valence-electron chi connectivity index (χ0n) is 15.7. The number of nitrogens with zero attached hydrogens (tertiary/aromatic N) is 4. The van der Waals surface area contributed by atoms with E-state index in [4.69, 9.17) is 9.72 Å². The van der Waals surface area contributed by atoms with E-state index in [0.29, 0.717) is 31.0 Å². The van der Waals surface area contributed by atoms with Crippen molar-refractivity contribution in [3.8, 4) is 0 Å². The quantitative estimate of drug-likeness (QED) is 0.908. The van der Waals surface area contributed by atoms with Gasteiger partial charge in [0.05, 0.1) is 13.3 Å². The topological polar surface area (TPSA) is 71.8 Å². The maximum absolute atomic E-state index is 11.7. The Labute approximate surface area is 153 Å². The third-order valence-corrected chi connectivity index (χ3v) is 5.42. The smallest absolute Gasteiger partial charge is 0.409 e. The molecule has 7 nitrogen and oxygen atoms in total. The van der Waals surface area contributed by atoms with Crippen molar-refractivity contribution in [3.63, 3.8) is 0 Å². The van der Waals surface area contributed by atoms with Crippen LogP contribution in [-0.2, 0) is 4.74 Å². The minimum atomic E-state index is -0.237. The van der Waals surface area contributed by atoms with E-state index < -0.39 is 0 Å². The summed E-state index contributed by atoms with van der Waals surface area (Å²) in [6, 6.07) is 2.48. The molecule has 2 aliphatic rings. The maximum Gasteiger partial charge on any atom is 0.409 e. The van der Waals surface area contributed by atoms with Crippen LogP contribution < -0.4 is 5.32 Å². The number of anilines is 1. The Balaban J connectivity index is 1.57. The van der Waals surface area contributed by atoms with Gasteiger partial charge in [-0.25, -0.2) is 9.78 Å². The maximum atomic E-state index is 11.7. The molecule has 1 saturated heterocycles. The molecular formula is C19H27N5O2. The lowest BCUT2D eigenvalue weighted by Crippen LogP contribution is -2.42. The second-order valence-electron chi connectivity index (χ2n) is 7.71. The number of hydrogen-bond acceptors (Lipinski definition) is 5. The van der Waals surface area contributed by atoms with E-state index in [-0.39, 0.29) is 6.09 Å². The summed E-state index contributed by atoms with van der Waals surface area (Å²) in [5, 5.41) is 8.25. The summed E-state index contributed by atoms with van der Waals surface area (Å²) in [5.74, 6) is 2.00. The van der Waals surface area contributed by atoms with Crippen molar-refractivity contribution in [1.82, 2.24) is 19.5 Å². The highest BCUT2D eigenvalue weighted by Gasteiger charge is 2.28. The van der Waals surface area contributed by atoms with Gasteiger partial charge in [-0.3, -0.25) is 0 Å². The summed E-state index contributed by atoms with van der Waals surface area (Å²) in [6.07, 6.45) is 5.96. The van der Waals surface area contributed by atoms with Crippen LogP contribution in [0.2, 0.25) is 0 Å². The molecule has 1 amide bonds. The lowest BCUT2D eigenvalue weighted by molar-refractivity contribution is 0.113. The number of carbonyl (C=O) groups is 1. The molecule has 0 radical (unpaired) electrons. The number of fused-ring (bicyclic) bond motifs is 1. The standard InChI is InChI=1S/C19H27N5O2/c1-12(2)15-11-20-24-17(10-16(13-4-5-13)22-18(15)24)21-14-6-8-23(9-7-14)19(25)26-3/h10-14,21H,4-9H2,1-3H3. The van der Waals surface area contributed by atoms with Crippen molar-refractivity contribution in [2.75, 3.05) is 25.5 Å². The summed E-state index contributed by atoms with van der Waals surface area (Å²) < 4.78 is 6.76. The van der Waals surface area contributed by atoms with Gasteiger partial charge >= 0.3 is 6.09 Å². The molecule has 0 atom stereocenters. The Morgan fingerprint density at radius 3 is 2.62 bits per heavy atom. The number of amides is 1. The van der Waals surface area contributed by atoms with Crippen LogP contribution in [0, 0.1) is 0 Å². The second kappa shape index (κ2) is 6.78. The normalized spacial score (nSPS) is 18.5. The first-order valence-corrected chi connectivity index (χ1v) is 9.54. The van der Waals surface area contributed by atoms with E-state index >= 15 is 0 Å². The predicted molar refractivity (Wildman–Crippen MR) is 99.7 cm³/mol. The molecule has 7 heteroatoms. The van der Waals surface area contributed by atoms with Gasteiger partial charge in [-0.05, 0) is 31.6 Å². The fraction of sp³-hybridized carbons (Fsp3) is 0.632. The second-order valence-corrected chi connectivity index (χ2v) is 7.71. The van der Waals surface area contributed by atoms with Crippen molar-refractivity contribution in [3.05, 3.63) is 23.5 Å². The third kappa shape index (κ3) is 3.22. The molecule has 1 aliphatic carbocycles. The van der Waals surface area contributed by atoms with Gasteiger partial charge in [-0.2, -0.15) is 9.61 Å². The first-order valence-electron chi connectivity index (χ1n) is 9.54. The Hall–Kier alpha value is -2.31. The van der Waals surface area contributed by atoms with Gasteiger partial charge in [0.25, 0.3) is 0 Å². The Morgan fingerprint density at radius 2 is 2.00 bits per heavy atom. The summed E-state index contributed by atoms with van der Waals surface area (Å²) in [7, 11) is 1.43. The highest BCUT2D eigenvalue weighted by atomic mass is 16.5. The van der Waals surface area contributed by atoms with Crippen molar-refractivity contribution in [2.24, 2.45) is 0 Å². The molecule has 4 rings (SSSR count). The predicted octanol–water partition coefficient (Wildman–Crippen LogP) is 3.37. The number of rotatable bonds is 4. The lowest BCUT2D eigenvalue weighted by atomic mass is 10.1. The molecule has 0 spiro atoms.